The zero-order valence-electron chi connectivity index (χ0n) is 11.9. The van der Waals surface area contributed by atoms with Gasteiger partial charge in [0.25, 0.3) is 0 Å². The van der Waals surface area contributed by atoms with E-state index >= 15 is 0 Å². The number of hydrogen-bond acceptors (Lipinski definition) is 2. The van der Waals surface area contributed by atoms with Gasteiger partial charge in [-0.25, -0.2) is 0 Å². The van der Waals surface area contributed by atoms with Crippen LogP contribution in [-0.4, -0.2) is 23.7 Å². The first-order chi connectivity index (χ1) is 9.74. The summed E-state index contributed by atoms with van der Waals surface area (Å²) in [6.45, 7) is 0.117. The molecule has 108 valence electrons. The number of para-hydroxylation sites is 1. The second-order valence-electron chi connectivity index (χ2n) is 6.28. The topological polar surface area (TPSA) is 40.5 Å². The van der Waals surface area contributed by atoms with Gasteiger partial charge in [0.1, 0.15) is 6.54 Å². The average molecular weight is 273 g/mol. The Morgan fingerprint density at radius 3 is 2.50 bits per heavy atom. The predicted octanol–water partition coefficient (Wildman–Crippen LogP) is 3.55. The molecule has 0 heterocycles. The van der Waals surface area contributed by atoms with E-state index in [-0.39, 0.29) is 6.54 Å². The summed E-state index contributed by atoms with van der Waals surface area (Å²) in [6, 6.07) is 10.4. The van der Waals surface area contributed by atoms with Crippen LogP contribution in [0.2, 0.25) is 0 Å². The molecule has 2 saturated carbocycles. The van der Waals surface area contributed by atoms with Crippen molar-refractivity contribution in [2.24, 2.45) is 11.8 Å². The number of aliphatic carboxylic acids is 1. The summed E-state index contributed by atoms with van der Waals surface area (Å²) in [5.41, 5.74) is 1.05. The average Bonchev–Trinajstić information content (AvgIpc) is 3.30. The Labute approximate surface area is 120 Å². The fourth-order valence-corrected chi connectivity index (χ4v) is 3.68. The first-order valence-corrected chi connectivity index (χ1v) is 7.77. The van der Waals surface area contributed by atoms with Gasteiger partial charge in [-0.3, -0.25) is 4.79 Å². The SMILES string of the molecule is O=C(O)CN(c1ccccc1)C1CCCC(C2CC2)C1. The third-order valence-electron chi connectivity index (χ3n) is 4.81. The Hall–Kier alpha value is -1.51. The molecule has 0 saturated heterocycles. The van der Waals surface area contributed by atoms with E-state index in [9.17, 15) is 9.90 Å². The number of anilines is 1. The second kappa shape index (κ2) is 5.86. The van der Waals surface area contributed by atoms with Crippen LogP contribution in [0, 0.1) is 11.8 Å². The van der Waals surface area contributed by atoms with Gasteiger partial charge in [0.2, 0.25) is 0 Å². The molecule has 1 aromatic rings. The Morgan fingerprint density at radius 2 is 1.85 bits per heavy atom. The molecule has 0 amide bonds. The molecular weight excluding hydrogens is 250 g/mol. The van der Waals surface area contributed by atoms with Crippen LogP contribution in [0.25, 0.3) is 0 Å². The first kappa shape index (κ1) is 13.5. The van der Waals surface area contributed by atoms with Crippen molar-refractivity contribution in [3.8, 4) is 0 Å². The van der Waals surface area contributed by atoms with Crippen molar-refractivity contribution in [3.05, 3.63) is 30.3 Å². The van der Waals surface area contributed by atoms with Crippen LogP contribution in [0.1, 0.15) is 38.5 Å². The summed E-state index contributed by atoms with van der Waals surface area (Å²) in [5.74, 6) is 1.02. The first-order valence-electron chi connectivity index (χ1n) is 7.77. The number of nitrogens with zero attached hydrogens (tertiary/aromatic N) is 1. The third-order valence-corrected chi connectivity index (χ3v) is 4.81. The van der Waals surface area contributed by atoms with Crippen molar-refractivity contribution in [3.63, 3.8) is 0 Å². The smallest absolute Gasteiger partial charge is 0.323 e. The number of carboxylic acids is 1. The number of carboxylic acid groups (broad SMARTS) is 1. The summed E-state index contributed by atoms with van der Waals surface area (Å²) in [4.78, 5) is 13.3. The van der Waals surface area contributed by atoms with E-state index in [1.807, 2.05) is 30.3 Å². The Balaban J connectivity index is 1.75. The van der Waals surface area contributed by atoms with Crippen molar-refractivity contribution in [2.45, 2.75) is 44.6 Å². The van der Waals surface area contributed by atoms with Crippen LogP contribution in [0.5, 0.6) is 0 Å². The van der Waals surface area contributed by atoms with E-state index in [1.54, 1.807) is 0 Å². The fourth-order valence-electron chi connectivity index (χ4n) is 3.68. The number of rotatable bonds is 5. The summed E-state index contributed by atoms with van der Waals surface area (Å²) in [7, 11) is 0. The largest absolute Gasteiger partial charge is 0.480 e. The zero-order valence-corrected chi connectivity index (χ0v) is 11.9. The molecule has 2 aliphatic carbocycles. The van der Waals surface area contributed by atoms with E-state index in [0.29, 0.717) is 6.04 Å². The molecule has 2 unspecified atom stereocenters. The lowest BCUT2D eigenvalue weighted by Gasteiger charge is -2.38. The number of hydrogen-bond donors (Lipinski definition) is 1. The van der Waals surface area contributed by atoms with E-state index in [4.69, 9.17) is 0 Å². The van der Waals surface area contributed by atoms with Crippen molar-refractivity contribution < 1.29 is 9.90 Å². The van der Waals surface area contributed by atoms with Crippen LogP contribution in [0.4, 0.5) is 5.69 Å². The molecule has 0 bridgehead atoms. The molecule has 1 aromatic carbocycles. The zero-order chi connectivity index (χ0) is 13.9. The fraction of sp³-hybridized carbons (Fsp3) is 0.588. The van der Waals surface area contributed by atoms with Gasteiger partial charge in [0.05, 0.1) is 0 Å². The summed E-state index contributed by atoms with van der Waals surface area (Å²) in [6.07, 6.45) is 7.67. The van der Waals surface area contributed by atoms with Crippen molar-refractivity contribution in [1.82, 2.24) is 0 Å². The minimum atomic E-state index is -0.734. The van der Waals surface area contributed by atoms with E-state index in [1.165, 1.54) is 32.1 Å². The number of carbonyl (C=O) groups is 1. The summed E-state index contributed by atoms with van der Waals surface area (Å²) >= 11 is 0. The highest BCUT2D eigenvalue weighted by atomic mass is 16.4. The minimum Gasteiger partial charge on any atom is -0.480 e. The molecule has 2 fully saturated rings. The Bertz CT molecular complexity index is 455. The molecule has 3 nitrogen and oxygen atoms in total. The molecule has 0 aromatic heterocycles. The van der Waals surface area contributed by atoms with Gasteiger partial charge in [-0.15, -0.1) is 0 Å². The van der Waals surface area contributed by atoms with Crippen molar-refractivity contribution in [2.75, 3.05) is 11.4 Å². The highest BCUT2D eigenvalue weighted by Crippen LogP contribution is 2.45. The van der Waals surface area contributed by atoms with E-state index in [2.05, 4.69) is 4.90 Å². The normalized spacial score (nSPS) is 26.2. The van der Waals surface area contributed by atoms with Gasteiger partial charge in [-0.1, -0.05) is 31.0 Å². The number of benzene rings is 1. The van der Waals surface area contributed by atoms with Gasteiger partial charge in [-0.2, -0.15) is 0 Å². The van der Waals surface area contributed by atoms with Gasteiger partial charge in [0, 0.05) is 11.7 Å². The quantitative estimate of drug-likeness (QED) is 0.892. The molecule has 0 spiro atoms. The predicted molar refractivity (Wildman–Crippen MR) is 79.9 cm³/mol. The van der Waals surface area contributed by atoms with Crippen molar-refractivity contribution in [1.29, 1.82) is 0 Å². The highest BCUT2D eigenvalue weighted by Gasteiger charge is 2.36. The molecular formula is C17H23NO2. The van der Waals surface area contributed by atoms with Crippen LogP contribution < -0.4 is 4.90 Å². The Morgan fingerprint density at radius 1 is 1.10 bits per heavy atom. The van der Waals surface area contributed by atoms with Gasteiger partial charge < -0.3 is 10.0 Å². The molecule has 0 radical (unpaired) electrons. The van der Waals surface area contributed by atoms with Crippen LogP contribution >= 0.6 is 0 Å². The van der Waals surface area contributed by atoms with Gasteiger partial charge in [-0.05, 0) is 49.7 Å². The van der Waals surface area contributed by atoms with Crippen LogP contribution in [-0.2, 0) is 4.79 Å². The lowest BCUT2D eigenvalue weighted by Crippen LogP contribution is -2.42. The maximum Gasteiger partial charge on any atom is 0.323 e. The molecule has 0 aliphatic heterocycles. The molecule has 1 N–H and O–H groups in total. The standard InChI is InChI=1S/C17H23NO2/c19-17(20)12-18(15-6-2-1-3-7-15)16-8-4-5-14(11-16)13-9-10-13/h1-3,6-7,13-14,16H,4-5,8-12H2,(H,19,20). The molecule has 3 rings (SSSR count). The monoisotopic (exact) mass is 273 g/mol. The lowest BCUT2D eigenvalue weighted by atomic mass is 9.82. The molecule has 2 aliphatic rings. The molecule has 20 heavy (non-hydrogen) atoms. The summed E-state index contributed by atoms with van der Waals surface area (Å²) in [5, 5.41) is 9.22. The Kier molecular flexibility index (Phi) is 3.95. The van der Waals surface area contributed by atoms with Gasteiger partial charge >= 0.3 is 5.97 Å². The highest BCUT2D eigenvalue weighted by molar-refractivity contribution is 5.74. The third kappa shape index (κ3) is 3.14. The molecule has 3 heteroatoms. The van der Waals surface area contributed by atoms with Crippen molar-refractivity contribution >= 4 is 11.7 Å². The van der Waals surface area contributed by atoms with Crippen LogP contribution in [0.15, 0.2) is 30.3 Å². The second-order valence-corrected chi connectivity index (χ2v) is 6.28. The van der Waals surface area contributed by atoms with E-state index < -0.39 is 5.97 Å². The molecule has 2 atom stereocenters. The minimum absolute atomic E-state index is 0.117. The summed E-state index contributed by atoms with van der Waals surface area (Å²) < 4.78 is 0. The van der Waals surface area contributed by atoms with E-state index in [0.717, 1.165) is 23.9 Å². The maximum atomic E-state index is 11.2. The van der Waals surface area contributed by atoms with Crippen LogP contribution in [0.3, 0.4) is 0 Å². The lowest BCUT2D eigenvalue weighted by molar-refractivity contribution is -0.135. The maximum absolute atomic E-state index is 11.2. The van der Waals surface area contributed by atoms with Gasteiger partial charge in [0.15, 0.2) is 0 Å².